The maximum absolute atomic E-state index is 11.7. The van der Waals surface area contributed by atoms with Crippen molar-refractivity contribution in [2.45, 2.75) is 13.0 Å². The van der Waals surface area contributed by atoms with Crippen LogP contribution in [0.25, 0.3) is 0 Å². The number of hydrogen-bond donors (Lipinski definition) is 3. The number of benzene rings is 1. The standard InChI is InChI=1S/C12H13N5O2/c13-9-3-1-2-7-4-5-17(6-8(7)9)10-11(18)14-12(19)16-15-10/h1-3H,4-6,13H2,(H2,14,16,18,19). The predicted molar refractivity (Wildman–Crippen MR) is 71.1 cm³/mol. The summed E-state index contributed by atoms with van der Waals surface area (Å²) in [5.74, 6) is 0.216. The minimum atomic E-state index is -0.606. The fourth-order valence-corrected chi connectivity index (χ4v) is 2.34. The van der Waals surface area contributed by atoms with Gasteiger partial charge in [0.15, 0.2) is 0 Å². The van der Waals surface area contributed by atoms with Crippen molar-refractivity contribution in [2.24, 2.45) is 0 Å². The van der Waals surface area contributed by atoms with E-state index in [9.17, 15) is 9.59 Å². The molecule has 7 heteroatoms. The summed E-state index contributed by atoms with van der Waals surface area (Å²) in [6.45, 7) is 1.18. The number of fused-ring (bicyclic) bond motifs is 1. The SMILES string of the molecule is Nc1cccc2c1CN(c1n[nH]c(=O)[nH]c1=O)CC2. The van der Waals surface area contributed by atoms with Crippen LogP contribution in [0.4, 0.5) is 11.5 Å². The highest BCUT2D eigenvalue weighted by molar-refractivity contribution is 5.55. The molecule has 0 fully saturated rings. The summed E-state index contributed by atoms with van der Waals surface area (Å²) in [5, 5.41) is 6.05. The average Bonchev–Trinajstić information content (AvgIpc) is 2.39. The van der Waals surface area contributed by atoms with E-state index in [1.807, 2.05) is 23.1 Å². The Bertz CT molecular complexity index is 733. The molecular formula is C12H13N5O2. The second-order valence-electron chi connectivity index (χ2n) is 4.49. The molecule has 0 unspecified atom stereocenters. The number of rotatable bonds is 1. The van der Waals surface area contributed by atoms with Crippen LogP contribution < -0.4 is 21.9 Å². The Morgan fingerprint density at radius 1 is 1.32 bits per heavy atom. The van der Waals surface area contributed by atoms with Gasteiger partial charge in [-0.05, 0) is 23.6 Å². The van der Waals surface area contributed by atoms with Crippen molar-refractivity contribution >= 4 is 11.5 Å². The number of aromatic amines is 2. The van der Waals surface area contributed by atoms with Gasteiger partial charge in [0.1, 0.15) is 0 Å². The highest BCUT2D eigenvalue weighted by Crippen LogP contribution is 2.25. The molecule has 1 aromatic heterocycles. The maximum atomic E-state index is 11.7. The van der Waals surface area contributed by atoms with Crippen molar-refractivity contribution in [3.05, 3.63) is 50.2 Å². The molecule has 0 spiro atoms. The van der Waals surface area contributed by atoms with Crippen LogP contribution in [0.5, 0.6) is 0 Å². The van der Waals surface area contributed by atoms with Crippen molar-refractivity contribution in [3.8, 4) is 0 Å². The molecule has 0 saturated heterocycles. The third-order valence-corrected chi connectivity index (χ3v) is 3.30. The van der Waals surface area contributed by atoms with Crippen LogP contribution in [-0.4, -0.2) is 21.7 Å². The number of nitrogens with one attached hydrogen (secondary N) is 2. The van der Waals surface area contributed by atoms with Crippen molar-refractivity contribution < 1.29 is 0 Å². The first-order valence-electron chi connectivity index (χ1n) is 5.95. The van der Waals surface area contributed by atoms with Gasteiger partial charge < -0.3 is 10.6 Å². The average molecular weight is 259 g/mol. The van der Waals surface area contributed by atoms with Gasteiger partial charge >= 0.3 is 5.69 Å². The zero-order chi connectivity index (χ0) is 13.4. The van der Waals surface area contributed by atoms with Gasteiger partial charge in [-0.3, -0.25) is 9.78 Å². The normalized spacial score (nSPS) is 14.2. The molecule has 7 nitrogen and oxygen atoms in total. The largest absolute Gasteiger partial charge is 0.398 e. The van der Waals surface area contributed by atoms with Gasteiger partial charge in [-0.1, -0.05) is 12.1 Å². The highest BCUT2D eigenvalue weighted by Gasteiger charge is 2.21. The summed E-state index contributed by atoms with van der Waals surface area (Å²) in [4.78, 5) is 26.7. The predicted octanol–water partition coefficient (Wildman–Crippen LogP) is -0.397. The Kier molecular flexibility index (Phi) is 2.59. The Morgan fingerprint density at radius 3 is 2.95 bits per heavy atom. The van der Waals surface area contributed by atoms with Crippen molar-refractivity contribution in [3.63, 3.8) is 0 Å². The summed E-state index contributed by atoms with van der Waals surface area (Å²) < 4.78 is 0. The van der Waals surface area contributed by atoms with Gasteiger partial charge in [0.2, 0.25) is 5.82 Å². The van der Waals surface area contributed by atoms with Crippen LogP contribution in [-0.2, 0) is 13.0 Å². The minimum Gasteiger partial charge on any atom is -0.398 e. The number of nitrogens with two attached hydrogens (primary N) is 1. The fraction of sp³-hybridized carbons (Fsp3) is 0.250. The molecule has 2 aromatic rings. The molecule has 4 N–H and O–H groups in total. The number of nitrogen functional groups attached to an aromatic ring is 1. The van der Waals surface area contributed by atoms with E-state index in [0.717, 1.165) is 12.0 Å². The molecule has 0 aliphatic carbocycles. The molecule has 1 aliphatic heterocycles. The van der Waals surface area contributed by atoms with Crippen LogP contribution in [0.2, 0.25) is 0 Å². The van der Waals surface area contributed by atoms with E-state index in [2.05, 4.69) is 15.2 Å². The number of H-pyrrole nitrogens is 2. The number of hydrogen-bond acceptors (Lipinski definition) is 5. The van der Waals surface area contributed by atoms with Gasteiger partial charge in [0.05, 0.1) is 0 Å². The van der Waals surface area contributed by atoms with Crippen LogP contribution in [0.3, 0.4) is 0 Å². The van der Waals surface area contributed by atoms with E-state index < -0.39 is 11.2 Å². The van der Waals surface area contributed by atoms with Gasteiger partial charge in [-0.2, -0.15) is 0 Å². The third-order valence-electron chi connectivity index (χ3n) is 3.30. The van der Waals surface area contributed by atoms with Gasteiger partial charge in [0.25, 0.3) is 5.56 Å². The van der Waals surface area contributed by atoms with E-state index in [0.29, 0.717) is 18.8 Å². The third kappa shape index (κ3) is 1.99. The molecule has 0 bridgehead atoms. The lowest BCUT2D eigenvalue weighted by atomic mass is 9.98. The molecule has 0 amide bonds. The summed E-state index contributed by atoms with van der Waals surface area (Å²) in [5.41, 5.74) is 7.78. The Hall–Kier alpha value is -2.57. The van der Waals surface area contributed by atoms with Crippen molar-refractivity contribution in [1.82, 2.24) is 15.2 Å². The summed E-state index contributed by atoms with van der Waals surface area (Å²) in [7, 11) is 0. The minimum absolute atomic E-state index is 0.216. The fourth-order valence-electron chi connectivity index (χ4n) is 2.34. The zero-order valence-electron chi connectivity index (χ0n) is 10.1. The first kappa shape index (κ1) is 11.5. The quantitative estimate of drug-likeness (QED) is 0.604. The molecule has 1 aliphatic rings. The number of aromatic nitrogens is 3. The number of nitrogens with zero attached hydrogens (tertiary/aromatic N) is 2. The molecule has 1 aromatic carbocycles. The Morgan fingerprint density at radius 2 is 2.16 bits per heavy atom. The zero-order valence-corrected chi connectivity index (χ0v) is 10.1. The summed E-state index contributed by atoms with van der Waals surface area (Å²) in [6, 6.07) is 5.80. The Balaban J connectivity index is 2.00. The van der Waals surface area contributed by atoms with Crippen LogP contribution in [0.1, 0.15) is 11.1 Å². The van der Waals surface area contributed by atoms with E-state index in [4.69, 9.17) is 5.73 Å². The lowest BCUT2D eigenvalue weighted by Gasteiger charge is -2.29. The highest BCUT2D eigenvalue weighted by atomic mass is 16.2. The maximum Gasteiger partial charge on any atom is 0.342 e. The van der Waals surface area contributed by atoms with E-state index in [1.54, 1.807) is 0 Å². The smallest absolute Gasteiger partial charge is 0.342 e. The van der Waals surface area contributed by atoms with Crippen molar-refractivity contribution in [1.29, 1.82) is 0 Å². The molecule has 2 heterocycles. The first-order chi connectivity index (χ1) is 9.15. The molecular weight excluding hydrogens is 246 g/mol. The molecule has 3 rings (SSSR count). The molecule has 0 atom stereocenters. The van der Waals surface area contributed by atoms with Crippen LogP contribution >= 0.6 is 0 Å². The van der Waals surface area contributed by atoms with Crippen LogP contribution in [0.15, 0.2) is 27.8 Å². The molecule has 0 saturated carbocycles. The van der Waals surface area contributed by atoms with Crippen molar-refractivity contribution in [2.75, 3.05) is 17.2 Å². The van der Waals surface area contributed by atoms with Gasteiger partial charge in [-0.25, -0.2) is 9.89 Å². The monoisotopic (exact) mass is 259 g/mol. The summed E-state index contributed by atoms with van der Waals surface area (Å²) in [6.07, 6.45) is 0.792. The summed E-state index contributed by atoms with van der Waals surface area (Å²) >= 11 is 0. The second-order valence-corrected chi connectivity index (χ2v) is 4.49. The topological polar surface area (TPSA) is 108 Å². The lowest BCUT2D eigenvalue weighted by Crippen LogP contribution is -2.38. The molecule has 19 heavy (non-hydrogen) atoms. The molecule has 98 valence electrons. The van der Waals surface area contributed by atoms with E-state index in [1.165, 1.54) is 5.56 Å². The lowest BCUT2D eigenvalue weighted by molar-refractivity contribution is 0.700. The Labute approximate surface area is 108 Å². The van der Waals surface area contributed by atoms with Gasteiger partial charge in [-0.15, -0.1) is 5.10 Å². The molecule has 0 radical (unpaired) electrons. The first-order valence-corrected chi connectivity index (χ1v) is 5.95. The van der Waals surface area contributed by atoms with E-state index >= 15 is 0 Å². The van der Waals surface area contributed by atoms with Gasteiger partial charge in [0, 0.05) is 18.8 Å². The van der Waals surface area contributed by atoms with E-state index in [-0.39, 0.29) is 5.82 Å². The number of anilines is 2. The second kappa shape index (κ2) is 4.27. The van der Waals surface area contributed by atoms with Crippen LogP contribution in [0, 0.1) is 0 Å².